The van der Waals surface area contributed by atoms with Crippen molar-refractivity contribution in [2.75, 3.05) is 6.54 Å². The molecular formula is C24H26FNO3. The first-order valence-electron chi connectivity index (χ1n) is 10.3. The number of fused-ring (bicyclic) bond motifs is 1. The Balaban J connectivity index is 1.40. The number of rotatable bonds is 6. The van der Waals surface area contributed by atoms with Crippen LogP contribution in [0.4, 0.5) is 4.39 Å². The monoisotopic (exact) mass is 395 g/mol. The number of nitrogens with zero attached hydrogens (tertiary/aromatic N) is 1. The van der Waals surface area contributed by atoms with Crippen LogP contribution in [-0.4, -0.2) is 23.1 Å². The molecule has 0 bridgehead atoms. The molecule has 0 saturated heterocycles. The van der Waals surface area contributed by atoms with Crippen LogP contribution >= 0.6 is 0 Å². The Labute approximate surface area is 170 Å². The van der Waals surface area contributed by atoms with Crippen LogP contribution in [0.1, 0.15) is 54.1 Å². The third-order valence-electron chi connectivity index (χ3n) is 6.19. The van der Waals surface area contributed by atoms with Gasteiger partial charge in [0, 0.05) is 19.0 Å². The van der Waals surface area contributed by atoms with Crippen molar-refractivity contribution in [3.05, 3.63) is 65.0 Å². The van der Waals surface area contributed by atoms with Crippen LogP contribution in [0, 0.1) is 17.7 Å². The van der Waals surface area contributed by atoms with Crippen LogP contribution in [0.5, 0.6) is 5.75 Å². The van der Waals surface area contributed by atoms with E-state index in [1.54, 1.807) is 24.0 Å². The molecule has 1 amide bonds. The fraction of sp³-hybridized carbons (Fsp3) is 0.417. The van der Waals surface area contributed by atoms with Crippen LogP contribution in [0.15, 0.2) is 42.5 Å². The second-order valence-electron chi connectivity index (χ2n) is 8.20. The highest BCUT2D eigenvalue weighted by molar-refractivity contribution is 5.99. The van der Waals surface area contributed by atoms with Crippen molar-refractivity contribution >= 4 is 11.7 Å². The molecule has 29 heavy (non-hydrogen) atoms. The largest absolute Gasteiger partial charge is 0.486 e. The average Bonchev–Trinajstić information content (AvgIpc) is 3.05. The number of hydrogen-bond acceptors (Lipinski definition) is 3. The molecule has 152 valence electrons. The van der Waals surface area contributed by atoms with E-state index in [1.807, 2.05) is 30.3 Å². The van der Waals surface area contributed by atoms with Gasteiger partial charge in [-0.1, -0.05) is 36.4 Å². The summed E-state index contributed by atoms with van der Waals surface area (Å²) in [7, 11) is 0. The minimum atomic E-state index is -0.564. The molecule has 0 aromatic heterocycles. The first-order valence-corrected chi connectivity index (χ1v) is 10.3. The number of ketones is 1. The van der Waals surface area contributed by atoms with Gasteiger partial charge in [0.25, 0.3) is 5.91 Å². The minimum Gasteiger partial charge on any atom is -0.486 e. The number of ether oxygens (including phenoxy) is 1. The number of benzene rings is 2. The molecule has 0 radical (unpaired) electrons. The molecule has 4 nitrogen and oxygen atoms in total. The molecule has 1 aliphatic heterocycles. The predicted octanol–water partition coefficient (Wildman–Crippen LogP) is 4.76. The standard InChI is InChI=1S/C24H26FNO3/c1-16(27)19-9-7-17(8-10-19)13-26-14-20-11-12-21(23(25)22(20)24(26)28)29-15-18-5-3-2-4-6-18/h2-6,11-12,17,19H,7-10,13-15H2,1H3/t17-,19-. The van der Waals surface area contributed by atoms with Gasteiger partial charge in [-0.15, -0.1) is 0 Å². The SMILES string of the molecule is CC(=O)[C@H]1CC[C@H](CN2Cc3ccc(OCc4ccccc4)c(F)c3C2=O)CC1. The summed E-state index contributed by atoms with van der Waals surface area (Å²) in [4.78, 5) is 26.2. The third kappa shape index (κ3) is 4.19. The molecule has 1 fully saturated rings. The van der Waals surface area contributed by atoms with E-state index in [0.29, 0.717) is 19.0 Å². The van der Waals surface area contributed by atoms with E-state index < -0.39 is 5.82 Å². The van der Waals surface area contributed by atoms with Gasteiger partial charge in [-0.2, -0.15) is 0 Å². The molecular weight excluding hydrogens is 369 g/mol. The predicted molar refractivity (Wildman–Crippen MR) is 108 cm³/mol. The zero-order valence-electron chi connectivity index (χ0n) is 16.7. The van der Waals surface area contributed by atoms with Crippen LogP contribution in [0.2, 0.25) is 0 Å². The van der Waals surface area contributed by atoms with E-state index in [0.717, 1.165) is 36.8 Å². The molecule has 5 heteroatoms. The van der Waals surface area contributed by atoms with Crippen molar-refractivity contribution in [3.63, 3.8) is 0 Å². The maximum absolute atomic E-state index is 15.0. The van der Waals surface area contributed by atoms with Crippen LogP contribution in [0.3, 0.4) is 0 Å². The van der Waals surface area contributed by atoms with Crippen molar-refractivity contribution in [3.8, 4) is 5.75 Å². The second kappa shape index (κ2) is 8.36. The van der Waals surface area contributed by atoms with Gasteiger partial charge < -0.3 is 9.64 Å². The van der Waals surface area contributed by atoms with Crippen LogP contribution in [0.25, 0.3) is 0 Å². The van der Waals surface area contributed by atoms with E-state index in [2.05, 4.69) is 0 Å². The number of carbonyl (C=O) groups is 2. The molecule has 0 unspecified atom stereocenters. The summed E-state index contributed by atoms with van der Waals surface area (Å²) < 4.78 is 20.6. The number of carbonyl (C=O) groups excluding carboxylic acids is 2. The molecule has 2 aromatic carbocycles. The minimum absolute atomic E-state index is 0.116. The summed E-state index contributed by atoms with van der Waals surface area (Å²) in [6.45, 7) is 2.98. The topological polar surface area (TPSA) is 46.6 Å². The Hall–Kier alpha value is -2.69. The van der Waals surface area contributed by atoms with Gasteiger partial charge in [0.15, 0.2) is 11.6 Å². The molecule has 0 spiro atoms. The quantitative estimate of drug-likeness (QED) is 0.709. The summed E-state index contributed by atoms with van der Waals surface area (Å²) in [6.07, 6.45) is 3.66. The molecule has 1 saturated carbocycles. The number of amides is 1. The lowest BCUT2D eigenvalue weighted by atomic mass is 9.80. The molecule has 0 atom stereocenters. The van der Waals surface area contributed by atoms with Gasteiger partial charge in [-0.05, 0) is 55.7 Å². The van der Waals surface area contributed by atoms with Gasteiger partial charge in [0.1, 0.15) is 12.4 Å². The summed E-state index contributed by atoms with van der Waals surface area (Å²) in [6, 6.07) is 13.0. The second-order valence-corrected chi connectivity index (χ2v) is 8.20. The van der Waals surface area contributed by atoms with E-state index >= 15 is 4.39 Å². The van der Waals surface area contributed by atoms with E-state index in [-0.39, 0.29) is 35.5 Å². The van der Waals surface area contributed by atoms with Gasteiger partial charge in [0.05, 0.1) is 5.56 Å². The highest BCUT2D eigenvalue weighted by Crippen LogP contribution is 2.35. The molecule has 2 aliphatic rings. The fourth-order valence-electron chi connectivity index (χ4n) is 4.45. The van der Waals surface area contributed by atoms with E-state index in [1.165, 1.54) is 0 Å². The number of Topliss-reactive ketones (excluding diaryl/α,β-unsaturated/α-hetero) is 1. The van der Waals surface area contributed by atoms with Crippen molar-refractivity contribution < 1.29 is 18.7 Å². The van der Waals surface area contributed by atoms with Gasteiger partial charge in [-0.25, -0.2) is 4.39 Å². The lowest BCUT2D eigenvalue weighted by Crippen LogP contribution is -2.32. The zero-order chi connectivity index (χ0) is 20.4. The van der Waals surface area contributed by atoms with Crippen LogP contribution in [-0.2, 0) is 17.9 Å². The van der Waals surface area contributed by atoms with Crippen molar-refractivity contribution in [1.82, 2.24) is 4.90 Å². The van der Waals surface area contributed by atoms with Crippen molar-refractivity contribution in [1.29, 1.82) is 0 Å². The Bertz CT molecular complexity index is 904. The summed E-state index contributed by atoms with van der Waals surface area (Å²) in [5.41, 5.74) is 1.81. The van der Waals surface area contributed by atoms with Crippen molar-refractivity contribution in [2.24, 2.45) is 11.8 Å². The van der Waals surface area contributed by atoms with Gasteiger partial charge in [-0.3, -0.25) is 9.59 Å². The van der Waals surface area contributed by atoms with Gasteiger partial charge in [0.2, 0.25) is 0 Å². The average molecular weight is 395 g/mol. The Morgan fingerprint density at radius 1 is 1.10 bits per heavy atom. The molecule has 0 N–H and O–H groups in total. The Kier molecular flexibility index (Phi) is 5.65. The fourth-order valence-corrected chi connectivity index (χ4v) is 4.45. The first-order chi connectivity index (χ1) is 14.0. The lowest BCUT2D eigenvalue weighted by molar-refractivity contribution is -0.121. The maximum atomic E-state index is 15.0. The molecule has 2 aromatic rings. The lowest BCUT2D eigenvalue weighted by Gasteiger charge is -2.30. The number of hydrogen-bond donors (Lipinski definition) is 0. The Morgan fingerprint density at radius 3 is 2.52 bits per heavy atom. The van der Waals surface area contributed by atoms with Gasteiger partial charge >= 0.3 is 0 Å². The Morgan fingerprint density at radius 2 is 1.83 bits per heavy atom. The summed E-state index contributed by atoms with van der Waals surface area (Å²) in [5, 5.41) is 0. The molecule has 1 aliphatic carbocycles. The van der Waals surface area contributed by atoms with Crippen LogP contribution < -0.4 is 4.74 Å². The first kappa shape index (κ1) is 19.6. The maximum Gasteiger partial charge on any atom is 0.257 e. The summed E-state index contributed by atoms with van der Waals surface area (Å²) >= 11 is 0. The zero-order valence-corrected chi connectivity index (χ0v) is 16.7. The smallest absolute Gasteiger partial charge is 0.257 e. The molecule has 4 rings (SSSR count). The highest BCUT2D eigenvalue weighted by atomic mass is 19.1. The summed E-state index contributed by atoms with van der Waals surface area (Å²) in [5.74, 6) is 0.103. The van der Waals surface area contributed by atoms with E-state index in [4.69, 9.17) is 4.74 Å². The normalized spacial score (nSPS) is 21.2. The van der Waals surface area contributed by atoms with E-state index in [9.17, 15) is 9.59 Å². The molecule has 1 heterocycles. The number of halogens is 1. The highest BCUT2D eigenvalue weighted by Gasteiger charge is 2.34. The van der Waals surface area contributed by atoms with Crippen molar-refractivity contribution in [2.45, 2.75) is 45.8 Å². The third-order valence-corrected chi connectivity index (χ3v) is 6.19.